The van der Waals surface area contributed by atoms with Crippen LogP contribution in [0.15, 0.2) is 18.2 Å². The average molecular weight is 284 g/mol. The summed E-state index contributed by atoms with van der Waals surface area (Å²) < 4.78 is 15.1. The van der Waals surface area contributed by atoms with Crippen LogP contribution in [0.3, 0.4) is 0 Å². The average Bonchev–Trinajstić information content (AvgIpc) is 2.72. The Labute approximate surface area is 115 Å². The highest BCUT2D eigenvalue weighted by Crippen LogP contribution is 2.19. The number of halogens is 2. The van der Waals surface area contributed by atoms with Crippen LogP contribution in [-0.4, -0.2) is 34.5 Å². The summed E-state index contributed by atoms with van der Waals surface area (Å²) in [5, 5.41) is 0. The maximum atomic E-state index is 13.3. The molecule has 0 spiro atoms. The quantitative estimate of drug-likeness (QED) is 0.808. The third kappa shape index (κ3) is 2.87. The fourth-order valence-electron chi connectivity index (χ4n) is 1.93. The summed E-state index contributed by atoms with van der Waals surface area (Å²) in [6.07, 6.45) is 0.332. The van der Waals surface area contributed by atoms with E-state index in [1.165, 1.54) is 17.0 Å². The molecule has 0 aliphatic rings. The maximum absolute atomic E-state index is 13.3. The molecule has 0 saturated heterocycles. The van der Waals surface area contributed by atoms with Crippen LogP contribution >= 0.6 is 11.6 Å². The second-order valence-electron chi connectivity index (χ2n) is 4.48. The van der Waals surface area contributed by atoms with Crippen molar-refractivity contribution >= 4 is 28.5 Å². The number of carbonyl (C=O) groups excluding carboxylic acids is 1. The van der Waals surface area contributed by atoms with Gasteiger partial charge in [-0.1, -0.05) is 0 Å². The second-order valence-corrected chi connectivity index (χ2v) is 4.75. The summed E-state index contributed by atoms with van der Waals surface area (Å²) in [6, 6.07) is 4.39. The molecule has 1 heterocycles. The molecule has 1 aromatic heterocycles. The van der Waals surface area contributed by atoms with Crippen LogP contribution in [0.5, 0.6) is 0 Å². The predicted octanol–water partition coefficient (Wildman–Crippen LogP) is 2.39. The van der Waals surface area contributed by atoms with Crippen molar-refractivity contribution in [1.29, 1.82) is 0 Å². The van der Waals surface area contributed by atoms with Gasteiger partial charge in [-0.2, -0.15) is 0 Å². The van der Waals surface area contributed by atoms with Crippen molar-refractivity contribution in [3.05, 3.63) is 29.8 Å². The van der Waals surface area contributed by atoms with Crippen molar-refractivity contribution in [1.82, 2.24) is 14.5 Å². The van der Waals surface area contributed by atoms with Crippen LogP contribution in [0.25, 0.3) is 11.0 Å². The topological polar surface area (TPSA) is 38.1 Å². The number of alkyl halides is 1. The van der Waals surface area contributed by atoms with Gasteiger partial charge in [-0.3, -0.25) is 4.79 Å². The molecule has 0 fully saturated rings. The van der Waals surface area contributed by atoms with Gasteiger partial charge in [0.1, 0.15) is 11.6 Å². The lowest BCUT2D eigenvalue weighted by molar-refractivity contribution is -0.128. The number of benzene rings is 1. The monoisotopic (exact) mass is 283 g/mol. The second kappa shape index (κ2) is 5.57. The summed E-state index contributed by atoms with van der Waals surface area (Å²) in [7, 11) is 3.41. The molecule has 6 heteroatoms. The van der Waals surface area contributed by atoms with Gasteiger partial charge in [-0.15, -0.1) is 11.6 Å². The van der Waals surface area contributed by atoms with Crippen LogP contribution in [0.4, 0.5) is 4.39 Å². The van der Waals surface area contributed by atoms with Crippen molar-refractivity contribution in [3.8, 4) is 0 Å². The van der Waals surface area contributed by atoms with Crippen LogP contribution in [0, 0.1) is 5.82 Å². The third-order valence-corrected chi connectivity index (χ3v) is 3.20. The van der Waals surface area contributed by atoms with E-state index >= 15 is 0 Å². The van der Waals surface area contributed by atoms with Crippen LogP contribution < -0.4 is 0 Å². The number of hydrogen-bond acceptors (Lipinski definition) is 2. The molecule has 0 atom stereocenters. The molecule has 19 heavy (non-hydrogen) atoms. The summed E-state index contributed by atoms with van der Waals surface area (Å²) in [4.78, 5) is 17.5. The molecule has 2 rings (SSSR count). The molecule has 0 radical (unpaired) electrons. The fraction of sp³-hybridized carbons (Fsp3) is 0.385. The van der Waals surface area contributed by atoms with E-state index < -0.39 is 0 Å². The number of carbonyl (C=O) groups is 1. The summed E-state index contributed by atoms with van der Waals surface area (Å²) in [5.41, 5.74) is 1.36. The third-order valence-electron chi connectivity index (χ3n) is 2.96. The number of aromatic nitrogens is 2. The van der Waals surface area contributed by atoms with E-state index in [4.69, 9.17) is 11.6 Å². The first-order valence-corrected chi connectivity index (χ1v) is 6.47. The van der Waals surface area contributed by atoms with Gasteiger partial charge < -0.3 is 9.47 Å². The lowest BCUT2D eigenvalue weighted by Gasteiger charge is -2.12. The van der Waals surface area contributed by atoms with Gasteiger partial charge >= 0.3 is 0 Å². The van der Waals surface area contributed by atoms with E-state index in [0.717, 1.165) is 0 Å². The maximum Gasteiger partial charge on any atom is 0.223 e. The molecule has 1 aromatic carbocycles. The minimum atomic E-state index is -0.325. The number of aryl methyl sites for hydroxylation is 1. The Balaban J connectivity index is 2.34. The van der Waals surface area contributed by atoms with Crippen molar-refractivity contribution in [2.24, 2.45) is 0 Å². The van der Waals surface area contributed by atoms with Gasteiger partial charge in [0.25, 0.3) is 0 Å². The Morgan fingerprint density at radius 2 is 2.21 bits per heavy atom. The molecule has 0 aliphatic carbocycles. The number of hydrogen-bond donors (Lipinski definition) is 0. The molecular formula is C13H15ClFN3O. The minimum absolute atomic E-state index is 0.0128. The van der Waals surface area contributed by atoms with E-state index in [2.05, 4.69) is 4.98 Å². The number of rotatable bonds is 4. The Kier molecular flexibility index (Phi) is 4.04. The Morgan fingerprint density at radius 1 is 1.47 bits per heavy atom. The molecular weight excluding hydrogens is 269 g/mol. The fourth-order valence-corrected chi connectivity index (χ4v) is 2.13. The van der Waals surface area contributed by atoms with Gasteiger partial charge in [0.05, 0.1) is 16.9 Å². The van der Waals surface area contributed by atoms with E-state index in [0.29, 0.717) is 29.8 Å². The van der Waals surface area contributed by atoms with E-state index in [1.807, 2.05) is 0 Å². The van der Waals surface area contributed by atoms with Crippen molar-refractivity contribution in [2.75, 3.05) is 14.1 Å². The molecule has 102 valence electrons. The zero-order valence-electron chi connectivity index (χ0n) is 10.9. The SMILES string of the molecule is CN(C)C(=O)CCn1c(CCl)nc2ccc(F)cc21. The molecule has 0 N–H and O–H groups in total. The largest absolute Gasteiger partial charge is 0.349 e. The lowest BCUT2D eigenvalue weighted by Crippen LogP contribution is -2.23. The summed E-state index contributed by atoms with van der Waals surface area (Å²) in [6.45, 7) is 0.443. The number of nitrogens with zero attached hydrogens (tertiary/aromatic N) is 3. The van der Waals surface area contributed by atoms with E-state index in [1.54, 1.807) is 24.7 Å². The number of fused-ring (bicyclic) bond motifs is 1. The lowest BCUT2D eigenvalue weighted by atomic mass is 10.3. The van der Waals surface area contributed by atoms with E-state index in [-0.39, 0.29) is 17.6 Å². The summed E-state index contributed by atoms with van der Waals surface area (Å²) in [5.74, 6) is 0.563. The van der Waals surface area contributed by atoms with Gasteiger partial charge in [0.15, 0.2) is 0 Å². The van der Waals surface area contributed by atoms with E-state index in [9.17, 15) is 9.18 Å². The smallest absolute Gasteiger partial charge is 0.223 e. The first-order valence-electron chi connectivity index (χ1n) is 5.93. The van der Waals surface area contributed by atoms with Crippen LogP contribution in [0.1, 0.15) is 12.2 Å². The molecule has 1 amide bonds. The van der Waals surface area contributed by atoms with Crippen LogP contribution in [0.2, 0.25) is 0 Å². The molecule has 4 nitrogen and oxygen atoms in total. The molecule has 0 bridgehead atoms. The zero-order valence-corrected chi connectivity index (χ0v) is 11.6. The zero-order chi connectivity index (χ0) is 14.0. The molecule has 0 unspecified atom stereocenters. The highest BCUT2D eigenvalue weighted by atomic mass is 35.5. The Morgan fingerprint density at radius 3 is 2.84 bits per heavy atom. The molecule has 2 aromatic rings. The van der Waals surface area contributed by atoms with Gasteiger partial charge in [0, 0.05) is 27.1 Å². The normalized spacial score (nSPS) is 10.9. The van der Waals surface area contributed by atoms with Gasteiger partial charge in [-0.05, 0) is 18.2 Å². The Hall–Kier alpha value is -1.62. The number of amides is 1. The number of imidazole rings is 1. The van der Waals surface area contributed by atoms with Gasteiger partial charge in [0.2, 0.25) is 5.91 Å². The highest BCUT2D eigenvalue weighted by Gasteiger charge is 2.12. The van der Waals surface area contributed by atoms with Crippen molar-refractivity contribution in [3.63, 3.8) is 0 Å². The first-order chi connectivity index (χ1) is 9.02. The Bertz CT molecular complexity index is 609. The highest BCUT2D eigenvalue weighted by molar-refractivity contribution is 6.16. The van der Waals surface area contributed by atoms with Crippen molar-refractivity contribution in [2.45, 2.75) is 18.8 Å². The molecule has 0 saturated carbocycles. The van der Waals surface area contributed by atoms with Crippen LogP contribution in [-0.2, 0) is 17.2 Å². The van der Waals surface area contributed by atoms with Gasteiger partial charge in [-0.25, -0.2) is 9.37 Å². The summed E-state index contributed by atoms with van der Waals surface area (Å²) >= 11 is 5.85. The minimum Gasteiger partial charge on any atom is -0.349 e. The van der Waals surface area contributed by atoms with Crippen molar-refractivity contribution < 1.29 is 9.18 Å². The molecule has 0 aliphatic heterocycles. The predicted molar refractivity (Wildman–Crippen MR) is 72.6 cm³/mol. The standard InChI is InChI=1S/C13H15ClFN3O/c1-17(2)13(19)5-6-18-11-7-9(15)3-4-10(11)16-12(18)8-14/h3-4,7H,5-6,8H2,1-2H3. The first kappa shape index (κ1) is 13.8.